The minimum atomic E-state index is -5.42. The molecule has 5 nitrogen and oxygen atoms in total. The van der Waals surface area contributed by atoms with E-state index in [1.165, 1.54) is 30.2 Å². The summed E-state index contributed by atoms with van der Waals surface area (Å²) in [7, 11) is 1.30. The average Bonchev–Trinajstić information content (AvgIpc) is 2.82. The Bertz CT molecular complexity index is 1110. The molecule has 1 fully saturated rings. The zero-order valence-corrected chi connectivity index (χ0v) is 20.1. The number of ether oxygens (including phenoxy) is 1. The zero-order valence-electron chi connectivity index (χ0n) is 19.2. The van der Waals surface area contributed by atoms with Crippen LogP contribution in [0, 0.1) is 0 Å². The first-order valence-corrected chi connectivity index (χ1v) is 11.6. The van der Waals surface area contributed by atoms with Crippen LogP contribution in [0.25, 0.3) is 5.57 Å². The maximum absolute atomic E-state index is 14.2. The van der Waals surface area contributed by atoms with E-state index in [4.69, 9.17) is 9.84 Å². The minimum absolute atomic E-state index is 0.0883. The Labute approximate surface area is 208 Å². The van der Waals surface area contributed by atoms with Crippen molar-refractivity contribution in [3.63, 3.8) is 0 Å². The average molecular weight is 535 g/mol. The van der Waals surface area contributed by atoms with Crippen LogP contribution in [0.3, 0.4) is 0 Å². The largest absolute Gasteiger partial charge is 0.496 e. The summed E-state index contributed by atoms with van der Waals surface area (Å²) in [6.07, 6.45) is -10.8. The molecule has 2 aromatic carbocycles. The van der Waals surface area contributed by atoms with Crippen LogP contribution in [0.4, 0.5) is 26.3 Å². The molecule has 0 aliphatic carbocycles. The van der Waals surface area contributed by atoms with Gasteiger partial charge in [0.2, 0.25) is 0 Å². The number of para-hydroxylation sites is 1. The summed E-state index contributed by atoms with van der Waals surface area (Å²) in [5.74, 6) is -0.671. The van der Waals surface area contributed by atoms with Crippen molar-refractivity contribution < 1.29 is 41.0 Å². The number of β-amino-alcohol motifs (C(OH)–C–C–N with tert-alkyl or cyclic N) is 1. The van der Waals surface area contributed by atoms with Crippen LogP contribution in [-0.2, 0) is 17.1 Å². The molecule has 0 saturated carbocycles. The third-order valence-corrected chi connectivity index (χ3v) is 6.80. The Hall–Kier alpha value is -2.70. The van der Waals surface area contributed by atoms with Crippen molar-refractivity contribution in [3.8, 4) is 5.75 Å². The van der Waals surface area contributed by atoms with E-state index in [-0.39, 0.29) is 30.3 Å². The highest BCUT2D eigenvalue weighted by Gasteiger charge is 2.47. The lowest BCUT2D eigenvalue weighted by Gasteiger charge is -2.35. The van der Waals surface area contributed by atoms with E-state index in [9.17, 15) is 31.1 Å². The quantitative estimate of drug-likeness (QED) is 0.399. The molecule has 1 heterocycles. The normalized spacial score (nSPS) is 15.2. The standard InChI is InChI=1S/C24H24F6N2O3S/c1-15(22(34)32-11-9-31(10-12-32)13-14-33)16-7-8-19(36-18-6-4-3-5-17(18)35-2)21(24(28,29)30)20(16)23(25,26)27/h3-8,33H,1,9-14H2,2H3. The molecule has 3 rings (SSSR count). The van der Waals surface area contributed by atoms with Crippen molar-refractivity contribution in [1.29, 1.82) is 0 Å². The topological polar surface area (TPSA) is 53.0 Å². The molecular formula is C24H24F6N2O3S. The summed E-state index contributed by atoms with van der Waals surface area (Å²) < 4.78 is 90.1. The van der Waals surface area contributed by atoms with E-state index in [1.54, 1.807) is 6.07 Å². The number of hydrogen-bond donors (Lipinski definition) is 1. The maximum atomic E-state index is 14.2. The van der Waals surface area contributed by atoms with Gasteiger partial charge in [-0.05, 0) is 23.8 Å². The number of amides is 1. The van der Waals surface area contributed by atoms with Crippen LogP contribution >= 0.6 is 11.8 Å². The van der Waals surface area contributed by atoms with Crippen molar-refractivity contribution in [3.05, 3.63) is 59.7 Å². The van der Waals surface area contributed by atoms with Crippen LogP contribution in [0.15, 0.2) is 52.8 Å². The minimum Gasteiger partial charge on any atom is -0.496 e. The summed E-state index contributed by atoms with van der Waals surface area (Å²) in [5.41, 5.74) is -5.42. The number of halogens is 6. The highest BCUT2D eigenvalue weighted by atomic mass is 32.2. The van der Waals surface area contributed by atoms with Crippen molar-refractivity contribution in [2.45, 2.75) is 22.1 Å². The van der Waals surface area contributed by atoms with Crippen molar-refractivity contribution >= 4 is 23.2 Å². The number of nitrogens with zero attached hydrogens (tertiary/aromatic N) is 2. The number of carbonyl (C=O) groups excluding carboxylic acids is 1. The molecule has 0 unspecified atom stereocenters. The Kier molecular flexibility index (Phi) is 8.63. The lowest BCUT2D eigenvalue weighted by atomic mass is 9.94. The summed E-state index contributed by atoms with van der Waals surface area (Å²) >= 11 is 0.488. The van der Waals surface area contributed by atoms with Gasteiger partial charge in [0, 0.05) is 43.2 Å². The van der Waals surface area contributed by atoms with Gasteiger partial charge in [-0.25, -0.2) is 0 Å². The first kappa shape index (κ1) is 27.9. The van der Waals surface area contributed by atoms with Gasteiger partial charge in [-0.1, -0.05) is 36.5 Å². The monoisotopic (exact) mass is 534 g/mol. The molecule has 0 aromatic heterocycles. The summed E-state index contributed by atoms with van der Waals surface area (Å²) in [6.45, 7) is 4.77. The molecule has 196 valence electrons. The van der Waals surface area contributed by atoms with E-state index in [1.807, 2.05) is 4.90 Å². The fourth-order valence-electron chi connectivity index (χ4n) is 3.94. The second kappa shape index (κ2) is 11.1. The number of alkyl halides is 6. The third-order valence-electron chi connectivity index (χ3n) is 5.68. The van der Waals surface area contributed by atoms with E-state index < -0.39 is 45.4 Å². The van der Waals surface area contributed by atoms with Gasteiger partial charge in [-0.3, -0.25) is 9.69 Å². The molecule has 2 aromatic rings. The maximum Gasteiger partial charge on any atom is 0.418 e. The number of benzene rings is 2. The highest BCUT2D eigenvalue weighted by Crippen LogP contribution is 2.49. The Balaban J connectivity index is 2.05. The second-order valence-electron chi connectivity index (χ2n) is 7.95. The fourth-order valence-corrected chi connectivity index (χ4v) is 5.03. The Morgan fingerprint density at radius 2 is 1.58 bits per heavy atom. The van der Waals surface area contributed by atoms with E-state index in [0.29, 0.717) is 31.4 Å². The molecule has 1 amide bonds. The lowest BCUT2D eigenvalue weighted by Crippen LogP contribution is -2.49. The van der Waals surface area contributed by atoms with Gasteiger partial charge in [0.1, 0.15) is 5.75 Å². The van der Waals surface area contributed by atoms with Crippen molar-refractivity contribution in [2.24, 2.45) is 0 Å². The molecule has 36 heavy (non-hydrogen) atoms. The molecule has 1 saturated heterocycles. The SMILES string of the molecule is C=C(C(=O)N1CCN(CCO)CC1)c1ccc(Sc2ccccc2OC)c(C(F)(F)F)c1C(F)(F)F. The predicted molar refractivity (Wildman–Crippen MR) is 123 cm³/mol. The van der Waals surface area contributed by atoms with E-state index >= 15 is 0 Å². The lowest BCUT2D eigenvalue weighted by molar-refractivity contribution is -0.163. The van der Waals surface area contributed by atoms with Crippen LogP contribution in [-0.4, -0.2) is 67.3 Å². The van der Waals surface area contributed by atoms with Crippen LogP contribution in [0.1, 0.15) is 16.7 Å². The number of methoxy groups -OCH3 is 1. The Morgan fingerprint density at radius 1 is 0.972 bits per heavy atom. The van der Waals surface area contributed by atoms with Crippen LogP contribution in [0.2, 0.25) is 0 Å². The first-order valence-electron chi connectivity index (χ1n) is 10.8. The number of hydrogen-bond acceptors (Lipinski definition) is 5. The van der Waals surface area contributed by atoms with Gasteiger partial charge in [0.25, 0.3) is 5.91 Å². The van der Waals surface area contributed by atoms with E-state index in [2.05, 4.69) is 6.58 Å². The van der Waals surface area contributed by atoms with Gasteiger partial charge in [-0.2, -0.15) is 26.3 Å². The van der Waals surface area contributed by atoms with Crippen LogP contribution < -0.4 is 4.74 Å². The van der Waals surface area contributed by atoms with Gasteiger partial charge >= 0.3 is 12.4 Å². The molecule has 0 spiro atoms. The molecular weight excluding hydrogens is 510 g/mol. The number of carbonyl (C=O) groups is 1. The smallest absolute Gasteiger partial charge is 0.418 e. The molecule has 0 bridgehead atoms. The molecule has 0 atom stereocenters. The zero-order chi connectivity index (χ0) is 26.7. The number of piperazine rings is 1. The van der Waals surface area contributed by atoms with Crippen molar-refractivity contribution in [2.75, 3.05) is 46.4 Å². The second-order valence-corrected chi connectivity index (χ2v) is 9.03. The number of aliphatic hydroxyl groups excluding tert-OH is 1. The first-order chi connectivity index (χ1) is 16.9. The molecule has 1 aliphatic heterocycles. The fraction of sp³-hybridized carbons (Fsp3) is 0.375. The summed E-state index contributed by atoms with van der Waals surface area (Å²) in [6, 6.07) is 7.80. The highest BCUT2D eigenvalue weighted by molar-refractivity contribution is 7.99. The molecule has 0 radical (unpaired) electrons. The van der Waals surface area contributed by atoms with Gasteiger partial charge in [0.15, 0.2) is 0 Å². The number of rotatable bonds is 7. The van der Waals surface area contributed by atoms with Gasteiger partial charge in [-0.15, -0.1) is 0 Å². The summed E-state index contributed by atoms with van der Waals surface area (Å²) in [5, 5.41) is 9.03. The third kappa shape index (κ3) is 6.16. The predicted octanol–water partition coefficient (Wildman–Crippen LogP) is 5.03. The van der Waals surface area contributed by atoms with Crippen molar-refractivity contribution in [1.82, 2.24) is 9.80 Å². The Morgan fingerprint density at radius 3 is 2.14 bits per heavy atom. The molecule has 1 aliphatic rings. The van der Waals surface area contributed by atoms with Gasteiger partial charge in [0.05, 0.1) is 29.7 Å². The molecule has 12 heteroatoms. The van der Waals surface area contributed by atoms with Gasteiger partial charge < -0.3 is 14.7 Å². The number of aliphatic hydroxyl groups is 1. The molecule has 1 N–H and O–H groups in total. The van der Waals surface area contributed by atoms with E-state index in [0.717, 1.165) is 12.1 Å². The van der Waals surface area contributed by atoms with Crippen LogP contribution in [0.5, 0.6) is 5.75 Å². The summed E-state index contributed by atoms with van der Waals surface area (Å²) in [4.78, 5) is 15.6.